The van der Waals surface area contributed by atoms with Gasteiger partial charge in [-0.2, -0.15) is 0 Å². The van der Waals surface area contributed by atoms with Crippen LogP contribution in [0.25, 0.3) is 0 Å². The zero-order chi connectivity index (χ0) is 12.5. The molecule has 6 nitrogen and oxygen atoms in total. The summed E-state index contributed by atoms with van der Waals surface area (Å²) in [5.74, 6) is -0.600. The minimum atomic E-state index is -0.300. The van der Waals surface area contributed by atoms with Crippen LogP contribution >= 0.6 is 0 Å². The molecule has 4 N–H and O–H groups in total. The quantitative estimate of drug-likeness (QED) is 0.360. The summed E-state index contributed by atoms with van der Waals surface area (Å²) in [7, 11) is 0. The molecule has 0 bridgehead atoms. The predicted octanol–water partition coefficient (Wildman–Crippen LogP) is -0.865. The molecule has 1 rings (SSSR count). The lowest BCUT2D eigenvalue weighted by atomic mass is 10.3. The number of rotatable bonds is 9. The normalized spacial score (nSPS) is 15.0. The Hall–Kier alpha value is -1.24. The number of carbonyl (C=O) groups excluding carboxylic acids is 2. The summed E-state index contributed by atoms with van der Waals surface area (Å²) in [5.41, 5.74) is 8.17. The molecule has 17 heavy (non-hydrogen) atoms. The molecule has 1 aliphatic heterocycles. The number of hydrogen-bond donors (Lipinski definition) is 3. The maximum atomic E-state index is 11.2. The number of amides is 2. The van der Waals surface area contributed by atoms with Gasteiger partial charge < -0.3 is 11.1 Å². The summed E-state index contributed by atoms with van der Waals surface area (Å²) in [5, 5.41) is 4.30. The summed E-state index contributed by atoms with van der Waals surface area (Å²) < 4.78 is 0. The van der Waals surface area contributed by atoms with Crippen LogP contribution in [0.15, 0.2) is 12.2 Å². The maximum absolute atomic E-state index is 11.2. The molecule has 0 aromatic carbocycles. The summed E-state index contributed by atoms with van der Waals surface area (Å²) in [6, 6.07) is 0. The van der Waals surface area contributed by atoms with Crippen molar-refractivity contribution in [3.05, 3.63) is 12.2 Å². The van der Waals surface area contributed by atoms with Crippen LogP contribution in [0.2, 0.25) is 0 Å². The standard InChI is InChI=1S/C11H20N4O2/c12-6-1-2-7-13-8-3-9-14-15-10(16)4-5-11(15)17/h4-5,13-14H,1-3,6-9,12H2. The van der Waals surface area contributed by atoms with Crippen LogP contribution < -0.4 is 16.5 Å². The first-order chi connectivity index (χ1) is 8.25. The molecule has 0 atom stereocenters. The van der Waals surface area contributed by atoms with Gasteiger partial charge in [0.25, 0.3) is 11.8 Å². The monoisotopic (exact) mass is 240 g/mol. The molecule has 0 spiro atoms. The predicted molar refractivity (Wildman–Crippen MR) is 64.8 cm³/mol. The first-order valence-corrected chi connectivity index (χ1v) is 5.96. The Labute approximate surface area is 101 Å². The van der Waals surface area contributed by atoms with Crippen LogP contribution in [0, 0.1) is 0 Å². The van der Waals surface area contributed by atoms with E-state index >= 15 is 0 Å². The molecule has 0 aliphatic carbocycles. The van der Waals surface area contributed by atoms with Crippen molar-refractivity contribution in [2.75, 3.05) is 26.2 Å². The second-order valence-electron chi connectivity index (χ2n) is 3.85. The van der Waals surface area contributed by atoms with Gasteiger partial charge in [-0.05, 0) is 38.9 Å². The van der Waals surface area contributed by atoms with Gasteiger partial charge in [-0.25, -0.2) is 10.4 Å². The van der Waals surface area contributed by atoms with Crippen molar-refractivity contribution in [2.45, 2.75) is 19.3 Å². The molecule has 0 aromatic heterocycles. The molecule has 6 heteroatoms. The highest BCUT2D eigenvalue weighted by Gasteiger charge is 2.22. The van der Waals surface area contributed by atoms with Crippen molar-refractivity contribution < 1.29 is 9.59 Å². The second-order valence-corrected chi connectivity index (χ2v) is 3.85. The molecule has 0 radical (unpaired) electrons. The highest BCUT2D eigenvalue weighted by molar-refractivity contribution is 6.12. The van der Waals surface area contributed by atoms with E-state index in [0.717, 1.165) is 43.9 Å². The summed E-state index contributed by atoms with van der Waals surface area (Å²) >= 11 is 0. The third-order valence-corrected chi connectivity index (χ3v) is 2.42. The number of nitrogens with one attached hydrogen (secondary N) is 2. The zero-order valence-corrected chi connectivity index (χ0v) is 9.95. The highest BCUT2D eigenvalue weighted by atomic mass is 16.2. The lowest BCUT2D eigenvalue weighted by Crippen LogP contribution is -2.43. The van der Waals surface area contributed by atoms with Gasteiger partial charge in [-0.15, -0.1) is 0 Å². The minimum absolute atomic E-state index is 0.300. The van der Waals surface area contributed by atoms with Crippen molar-refractivity contribution in [2.24, 2.45) is 5.73 Å². The Morgan fingerprint density at radius 2 is 1.65 bits per heavy atom. The second kappa shape index (κ2) is 7.94. The minimum Gasteiger partial charge on any atom is -0.330 e. The number of unbranched alkanes of at least 4 members (excludes halogenated alkanes) is 1. The van der Waals surface area contributed by atoms with E-state index in [0.29, 0.717) is 6.54 Å². The van der Waals surface area contributed by atoms with Gasteiger partial charge in [0.05, 0.1) is 0 Å². The van der Waals surface area contributed by atoms with Crippen LogP contribution in [-0.2, 0) is 9.59 Å². The van der Waals surface area contributed by atoms with Crippen LogP contribution in [0.1, 0.15) is 19.3 Å². The number of imide groups is 1. The fourth-order valence-electron chi connectivity index (χ4n) is 1.48. The topological polar surface area (TPSA) is 87.5 Å². The van der Waals surface area contributed by atoms with Crippen molar-refractivity contribution >= 4 is 11.8 Å². The average Bonchev–Trinajstić information content (AvgIpc) is 2.63. The van der Waals surface area contributed by atoms with E-state index in [1.54, 1.807) is 0 Å². The number of nitrogens with zero attached hydrogens (tertiary/aromatic N) is 1. The van der Waals surface area contributed by atoms with Gasteiger partial charge in [0, 0.05) is 18.7 Å². The van der Waals surface area contributed by atoms with Crippen molar-refractivity contribution in [3.8, 4) is 0 Å². The molecule has 0 unspecified atom stereocenters. The zero-order valence-electron chi connectivity index (χ0n) is 9.95. The largest absolute Gasteiger partial charge is 0.330 e. The maximum Gasteiger partial charge on any atom is 0.268 e. The van der Waals surface area contributed by atoms with E-state index in [2.05, 4.69) is 10.7 Å². The molecule has 1 aliphatic rings. The van der Waals surface area contributed by atoms with E-state index in [9.17, 15) is 9.59 Å². The first kappa shape index (κ1) is 13.8. The SMILES string of the molecule is NCCCCNCCCNN1C(=O)C=CC1=O. The molecule has 0 aromatic rings. The van der Waals surface area contributed by atoms with E-state index in [1.807, 2.05) is 0 Å². The van der Waals surface area contributed by atoms with E-state index < -0.39 is 0 Å². The van der Waals surface area contributed by atoms with Crippen LogP contribution in [-0.4, -0.2) is 43.0 Å². The summed E-state index contributed by atoms with van der Waals surface area (Å²) in [6.07, 6.45) is 5.51. The Bertz CT molecular complexity index is 273. The van der Waals surface area contributed by atoms with E-state index in [1.165, 1.54) is 12.2 Å². The van der Waals surface area contributed by atoms with Gasteiger partial charge in [0.1, 0.15) is 0 Å². The molecule has 96 valence electrons. The van der Waals surface area contributed by atoms with E-state index in [-0.39, 0.29) is 11.8 Å². The van der Waals surface area contributed by atoms with Crippen molar-refractivity contribution in [1.29, 1.82) is 0 Å². The highest BCUT2D eigenvalue weighted by Crippen LogP contribution is 1.98. The first-order valence-electron chi connectivity index (χ1n) is 5.96. The number of hydrazine groups is 1. The molecule has 0 saturated heterocycles. The van der Waals surface area contributed by atoms with Gasteiger partial charge in [-0.3, -0.25) is 9.59 Å². The Kier molecular flexibility index (Phi) is 6.46. The third kappa shape index (κ3) is 5.08. The Morgan fingerprint density at radius 3 is 2.29 bits per heavy atom. The van der Waals surface area contributed by atoms with Gasteiger partial charge in [0.2, 0.25) is 0 Å². The van der Waals surface area contributed by atoms with Crippen LogP contribution in [0.3, 0.4) is 0 Å². The van der Waals surface area contributed by atoms with Crippen molar-refractivity contribution in [3.63, 3.8) is 0 Å². The molecular weight excluding hydrogens is 220 g/mol. The lowest BCUT2D eigenvalue weighted by molar-refractivity contribution is -0.140. The molecule has 0 fully saturated rings. The number of hydrogen-bond acceptors (Lipinski definition) is 5. The fourth-order valence-corrected chi connectivity index (χ4v) is 1.48. The van der Waals surface area contributed by atoms with Gasteiger partial charge >= 0.3 is 0 Å². The van der Waals surface area contributed by atoms with Crippen LogP contribution in [0.4, 0.5) is 0 Å². The van der Waals surface area contributed by atoms with Crippen LogP contribution in [0.5, 0.6) is 0 Å². The van der Waals surface area contributed by atoms with Gasteiger partial charge in [-0.1, -0.05) is 0 Å². The molecule has 0 saturated carbocycles. The molecule has 1 heterocycles. The van der Waals surface area contributed by atoms with Crippen molar-refractivity contribution in [1.82, 2.24) is 15.8 Å². The summed E-state index contributed by atoms with van der Waals surface area (Å²) in [6.45, 7) is 3.15. The number of nitrogens with two attached hydrogens (primary N) is 1. The summed E-state index contributed by atoms with van der Waals surface area (Å²) in [4.78, 5) is 22.3. The third-order valence-electron chi connectivity index (χ3n) is 2.42. The fraction of sp³-hybridized carbons (Fsp3) is 0.636. The Morgan fingerprint density at radius 1 is 1.00 bits per heavy atom. The molecule has 2 amide bonds. The Balaban J connectivity index is 1.94. The average molecular weight is 240 g/mol. The van der Waals surface area contributed by atoms with E-state index in [4.69, 9.17) is 5.73 Å². The van der Waals surface area contributed by atoms with Gasteiger partial charge in [0.15, 0.2) is 0 Å². The molecular formula is C11H20N4O2. The number of carbonyl (C=O) groups is 2. The lowest BCUT2D eigenvalue weighted by Gasteiger charge is -2.14. The smallest absolute Gasteiger partial charge is 0.268 e.